The van der Waals surface area contributed by atoms with Gasteiger partial charge in [-0.05, 0) is 30.4 Å². The molecule has 0 unspecified atom stereocenters. The number of nitrogens with one attached hydrogen (secondary N) is 2. The maximum atomic E-state index is 5.26. The lowest BCUT2D eigenvalue weighted by molar-refractivity contribution is 1.04. The third kappa shape index (κ3) is 2.40. The van der Waals surface area contributed by atoms with Gasteiger partial charge in [0.2, 0.25) is 0 Å². The maximum Gasteiger partial charge on any atom is 0.184 e. The number of nitrogens with two attached hydrogens (primary N) is 1. The molecule has 0 aliphatic carbocycles. The average Bonchev–Trinajstić information content (AvgIpc) is 2.60. The smallest absolute Gasteiger partial charge is 0.184 e. The van der Waals surface area contributed by atoms with Crippen LogP contribution in [0.1, 0.15) is 5.56 Å². The van der Waals surface area contributed by atoms with Crippen molar-refractivity contribution in [1.29, 1.82) is 0 Å². The summed E-state index contributed by atoms with van der Waals surface area (Å²) in [4.78, 5) is 3.15. The Balaban J connectivity index is 2.34. The number of aromatic nitrogens is 1. The fraction of sp³-hybridized carbons (Fsp3) is 0. The van der Waals surface area contributed by atoms with Gasteiger partial charge in [-0.3, -0.25) is 5.43 Å². The normalized spacial score (nSPS) is 11.1. The lowest BCUT2D eigenvalue weighted by Crippen LogP contribution is -2.23. The summed E-state index contributed by atoms with van der Waals surface area (Å²) in [5, 5.41) is 5.15. The van der Waals surface area contributed by atoms with Crippen LogP contribution in [0.3, 0.4) is 0 Å². The number of hydrazone groups is 1. The molecular formula is C10H9BrN4S. The fourth-order valence-electron chi connectivity index (χ4n) is 1.39. The predicted octanol–water partition coefficient (Wildman–Crippen LogP) is 2.10. The lowest BCUT2D eigenvalue weighted by atomic mass is 10.2. The van der Waals surface area contributed by atoms with Gasteiger partial charge in [-0.15, -0.1) is 0 Å². The molecule has 0 bridgehead atoms. The van der Waals surface area contributed by atoms with Gasteiger partial charge in [0.1, 0.15) is 0 Å². The first kappa shape index (κ1) is 11.1. The third-order valence-corrected chi connectivity index (χ3v) is 2.64. The van der Waals surface area contributed by atoms with Crippen molar-refractivity contribution in [1.82, 2.24) is 10.4 Å². The number of fused-ring (bicyclic) bond motifs is 1. The van der Waals surface area contributed by atoms with E-state index < -0.39 is 0 Å². The summed E-state index contributed by atoms with van der Waals surface area (Å²) in [7, 11) is 0. The summed E-state index contributed by atoms with van der Waals surface area (Å²) in [6.07, 6.45) is 3.55. The zero-order valence-electron chi connectivity index (χ0n) is 8.20. The van der Waals surface area contributed by atoms with Crippen LogP contribution in [-0.4, -0.2) is 16.3 Å². The van der Waals surface area contributed by atoms with Crippen LogP contribution < -0.4 is 11.2 Å². The minimum atomic E-state index is 0.150. The molecule has 0 atom stereocenters. The van der Waals surface area contributed by atoms with Crippen LogP contribution in [0.2, 0.25) is 0 Å². The van der Waals surface area contributed by atoms with E-state index in [0.29, 0.717) is 0 Å². The Labute approximate surface area is 106 Å². The molecular weight excluding hydrogens is 288 g/mol. The van der Waals surface area contributed by atoms with Gasteiger partial charge in [0, 0.05) is 27.1 Å². The van der Waals surface area contributed by atoms with Crippen molar-refractivity contribution in [3.05, 3.63) is 34.4 Å². The number of aromatic amines is 1. The molecule has 2 aromatic rings. The molecule has 0 spiro atoms. The SMILES string of the molecule is NC(=S)NN=Cc1c[nH]c2ccc(Br)cc12. The molecule has 1 aromatic heterocycles. The Hall–Kier alpha value is -1.40. The minimum Gasteiger partial charge on any atom is -0.375 e. The van der Waals surface area contributed by atoms with E-state index in [-0.39, 0.29) is 5.11 Å². The van der Waals surface area contributed by atoms with E-state index in [1.54, 1.807) is 6.21 Å². The van der Waals surface area contributed by atoms with Crippen molar-refractivity contribution in [3.63, 3.8) is 0 Å². The van der Waals surface area contributed by atoms with Crippen molar-refractivity contribution in [2.45, 2.75) is 0 Å². The molecule has 0 radical (unpaired) electrons. The molecule has 4 nitrogen and oxygen atoms in total. The van der Waals surface area contributed by atoms with E-state index in [4.69, 9.17) is 5.73 Å². The highest BCUT2D eigenvalue weighted by molar-refractivity contribution is 9.10. The first-order valence-electron chi connectivity index (χ1n) is 4.52. The first-order chi connectivity index (χ1) is 7.66. The Morgan fingerprint density at radius 2 is 2.38 bits per heavy atom. The summed E-state index contributed by atoms with van der Waals surface area (Å²) in [5.41, 5.74) is 9.80. The van der Waals surface area contributed by atoms with Crippen LogP contribution in [0.5, 0.6) is 0 Å². The van der Waals surface area contributed by atoms with Crippen molar-refractivity contribution in [2.24, 2.45) is 10.8 Å². The molecule has 0 aliphatic rings. The summed E-state index contributed by atoms with van der Waals surface area (Å²) < 4.78 is 1.02. The molecule has 0 aliphatic heterocycles. The molecule has 0 saturated heterocycles. The fourth-order valence-corrected chi connectivity index (χ4v) is 1.80. The number of H-pyrrole nitrogens is 1. The highest BCUT2D eigenvalue weighted by Crippen LogP contribution is 2.21. The van der Waals surface area contributed by atoms with Gasteiger partial charge >= 0.3 is 0 Å². The number of thiocarbonyl (C=S) groups is 1. The van der Waals surface area contributed by atoms with Crippen molar-refractivity contribution >= 4 is 50.4 Å². The molecule has 1 aromatic carbocycles. The number of hydrogen-bond acceptors (Lipinski definition) is 2. The second kappa shape index (κ2) is 4.63. The topological polar surface area (TPSA) is 66.2 Å². The molecule has 4 N–H and O–H groups in total. The van der Waals surface area contributed by atoms with E-state index in [9.17, 15) is 0 Å². The number of halogens is 1. The Bertz CT molecular complexity index is 561. The van der Waals surface area contributed by atoms with Gasteiger partial charge in [-0.25, -0.2) is 0 Å². The van der Waals surface area contributed by atoms with Crippen molar-refractivity contribution in [2.75, 3.05) is 0 Å². The van der Waals surface area contributed by atoms with Crippen LogP contribution in [0, 0.1) is 0 Å². The predicted molar refractivity (Wildman–Crippen MR) is 73.5 cm³/mol. The molecule has 1 heterocycles. The summed E-state index contributed by atoms with van der Waals surface area (Å²) in [6, 6.07) is 6.00. The molecule has 0 saturated carbocycles. The quantitative estimate of drug-likeness (QED) is 0.452. The Morgan fingerprint density at radius 1 is 1.56 bits per heavy atom. The maximum absolute atomic E-state index is 5.26. The van der Waals surface area contributed by atoms with Gasteiger partial charge < -0.3 is 10.7 Å². The Kier molecular flexibility index (Phi) is 3.21. The van der Waals surface area contributed by atoms with E-state index in [0.717, 1.165) is 20.9 Å². The molecule has 82 valence electrons. The number of hydrogen-bond donors (Lipinski definition) is 3. The monoisotopic (exact) mass is 296 g/mol. The van der Waals surface area contributed by atoms with E-state index >= 15 is 0 Å². The number of nitrogens with zero attached hydrogens (tertiary/aromatic N) is 1. The minimum absolute atomic E-state index is 0.150. The summed E-state index contributed by atoms with van der Waals surface area (Å²) in [5.74, 6) is 0. The van der Waals surface area contributed by atoms with E-state index in [1.165, 1.54) is 0 Å². The van der Waals surface area contributed by atoms with Crippen LogP contribution >= 0.6 is 28.1 Å². The molecule has 16 heavy (non-hydrogen) atoms. The average molecular weight is 297 g/mol. The van der Waals surface area contributed by atoms with Crippen LogP contribution in [0.25, 0.3) is 10.9 Å². The van der Waals surface area contributed by atoms with Crippen molar-refractivity contribution < 1.29 is 0 Å². The number of benzene rings is 1. The van der Waals surface area contributed by atoms with Crippen molar-refractivity contribution in [3.8, 4) is 0 Å². The lowest BCUT2D eigenvalue weighted by Gasteiger charge is -1.94. The zero-order valence-corrected chi connectivity index (χ0v) is 10.6. The van der Waals surface area contributed by atoms with Gasteiger partial charge in [-0.1, -0.05) is 15.9 Å². The van der Waals surface area contributed by atoms with Gasteiger partial charge in [-0.2, -0.15) is 5.10 Å². The van der Waals surface area contributed by atoms with Gasteiger partial charge in [0.15, 0.2) is 5.11 Å². The molecule has 0 fully saturated rings. The van der Waals surface area contributed by atoms with E-state index in [2.05, 4.69) is 43.7 Å². The third-order valence-electron chi connectivity index (χ3n) is 2.05. The number of rotatable bonds is 2. The zero-order chi connectivity index (χ0) is 11.5. The molecule has 6 heteroatoms. The molecule has 0 amide bonds. The summed E-state index contributed by atoms with van der Waals surface area (Å²) in [6.45, 7) is 0. The van der Waals surface area contributed by atoms with Gasteiger partial charge in [0.05, 0.1) is 6.21 Å². The first-order valence-corrected chi connectivity index (χ1v) is 5.72. The second-order valence-electron chi connectivity index (χ2n) is 3.17. The molecule has 2 rings (SSSR count). The van der Waals surface area contributed by atoms with Crippen LogP contribution in [0.15, 0.2) is 34.0 Å². The summed E-state index contributed by atoms with van der Waals surface area (Å²) >= 11 is 8.07. The highest BCUT2D eigenvalue weighted by Gasteiger charge is 2.01. The second-order valence-corrected chi connectivity index (χ2v) is 4.52. The Morgan fingerprint density at radius 3 is 3.12 bits per heavy atom. The van der Waals surface area contributed by atoms with Crippen LogP contribution in [0.4, 0.5) is 0 Å². The highest BCUT2D eigenvalue weighted by atomic mass is 79.9. The van der Waals surface area contributed by atoms with E-state index in [1.807, 2.05) is 24.4 Å². The van der Waals surface area contributed by atoms with Gasteiger partial charge in [0.25, 0.3) is 0 Å². The standard InChI is InChI=1S/C10H9BrN4S/c11-7-1-2-9-8(3-7)6(4-13-9)5-14-15-10(12)16/h1-5,13H,(H3,12,15,16). The largest absolute Gasteiger partial charge is 0.375 e. The van der Waals surface area contributed by atoms with Crippen LogP contribution in [-0.2, 0) is 0 Å².